The van der Waals surface area contributed by atoms with Gasteiger partial charge in [-0.05, 0) is 31.9 Å². The standard InChI is InChI=1S/C19H23N3O3/c1-3-16-18(12(2)21-25-16)15-6-4-5-14(20-15)17-11-22(9-10-24-17)19(23)13-7-8-13/h4-6,13,17H,3,7-11H2,1-2H3/t17-/m0/s1. The maximum atomic E-state index is 12.3. The number of pyridine rings is 1. The van der Waals surface area contributed by atoms with Gasteiger partial charge in [0, 0.05) is 18.9 Å². The summed E-state index contributed by atoms with van der Waals surface area (Å²) in [6.45, 7) is 5.78. The lowest BCUT2D eigenvalue weighted by Gasteiger charge is -2.33. The van der Waals surface area contributed by atoms with Crippen molar-refractivity contribution in [3.63, 3.8) is 0 Å². The summed E-state index contributed by atoms with van der Waals surface area (Å²) < 4.78 is 11.3. The van der Waals surface area contributed by atoms with E-state index in [9.17, 15) is 4.79 Å². The number of amides is 1. The molecule has 1 aliphatic heterocycles. The first kappa shape index (κ1) is 16.3. The first-order valence-corrected chi connectivity index (χ1v) is 9.00. The largest absolute Gasteiger partial charge is 0.368 e. The summed E-state index contributed by atoms with van der Waals surface area (Å²) in [4.78, 5) is 19.1. The van der Waals surface area contributed by atoms with E-state index in [1.807, 2.05) is 36.9 Å². The van der Waals surface area contributed by atoms with Gasteiger partial charge < -0.3 is 14.2 Å². The Bertz CT molecular complexity index is 782. The van der Waals surface area contributed by atoms with Gasteiger partial charge in [-0.25, -0.2) is 4.98 Å². The molecule has 0 bridgehead atoms. The van der Waals surface area contributed by atoms with E-state index in [2.05, 4.69) is 5.16 Å². The highest BCUT2D eigenvalue weighted by molar-refractivity contribution is 5.81. The van der Waals surface area contributed by atoms with Crippen molar-refractivity contribution in [2.24, 2.45) is 5.92 Å². The molecule has 6 nitrogen and oxygen atoms in total. The van der Waals surface area contributed by atoms with E-state index in [1.54, 1.807) is 0 Å². The molecule has 1 aliphatic carbocycles. The van der Waals surface area contributed by atoms with Crippen molar-refractivity contribution < 1.29 is 14.1 Å². The minimum absolute atomic E-state index is 0.179. The highest BCUT2D eigenvalue weighted by atomic mass is 16.5. The third-order valence-corrected chi connectivity index (χ3v) is 4.92. The molecule has 132 valence electrons. The highest BCUT2D eigenvalue weighted by Crippen LogP contribution is 2.33. The Morgan fingerprint density at radius 3 is 2.96 bits per heavy atom. The zero-order valence-electron chi connectivity index (χ0n) is 14.7. The molecule has 2 fully saturated rings. The van der Waals surface area contributed by atoms with Crippen molar-refractivity contribution in [2.45, 2.75) is 39.2 Å². The summed E-state index contributed by atoms with van der Waals surface area (Å²) in [6, 6.07) is 5.92. The zero-order chi connectivity index (χ0) is 17.4. The number of hydrogen-bond donors (Lipinski definition) is 0. The van der Waals surface area contributed by atoms with E-state index in [0.717, 1.165) is 47.7 Å². The zero-order valence-corrected chi connectivity index (χ0v) is 14.7. The average molecular weight is 341 g/mol. The molecule has 0 unspecified atom stereocenters. The summed E-state index contributed by atoms with van der Waals surface area (Å²) in [5, 5.41) is 4.07. The number of nitrogens with zero attached hydrogens (tertiary/aromatic N) is 3. The predicted molar refractivity (Wildman–Crippen MR) is 91.8 cm³/mol. The second kappa shape index (κ2) is 6.59. The first-order chi connectivity index (χ1) is 12.2. The molecule has 0 aromatic carbocycles. The molecule has 2 aliphatic rings. The van der Waals surface area contributed by atoms with Crippen LogP contribution in [0.2, 0.25) is 0 Å². The third kappa shape index (κ3) is 3.18. The first-order valence-electron chi connectivity index (χ1n) is 9.00. The fraction of sp³-hybridized carbons (Fsp3) is 0.526. The van der Waals surface area contributed by atoms with Crippen LogP contribution in [-0.2, 0) is 16.0 Å². The van der Waals surface area contributed by atoms with E-state index >= 15 is 0 Å². The number of rotatable bonds is 4. The van der Waals surface area contributed by atoms with Gasteiger partial charge in [0.15, 0.2) is 0 Å². The highest BCUT2D eigenvalue weighted by Gasteiger charge is 2.36. The van der Waals surface area contributed by atoms with E-state index in [4.69, 9.17) is 14.2 Å². The summed E-state index contributed by atoms with van der Waals surface area (Å²) in [7, 11) is 0. The molecule has 2 aromatic heterocycles. The molecule has 0 N–H and O–H groups in total. The SMILES string of the molecule is CCc1onc(C)c1-c1cccc([C@@H]2CN(C(=O)C3CC3)CCO2)n1. The van der Waals surface area contributed by atoms with Gasteiger partial charge in [0.25, 0.3) is 0 Å². The number of aryl methyl sites for hydroxylation is 2. The van der Waals surface area contributed by atoms with Crippen LogP contribution >= 0.6 is 0 Å². The molecule has 1 saturated heterocycles. The van der Waals surface area contributed by atoms with Gasteiger partial charge in [-0.3, -0.25) is 4.79 Å². The normalized spacial score (nSPS) is 20.7. The fourth-order valence-electron chi connectivity index (χ4n) is 3.37. The molecule has 4 rings (SSSR count). The van der Waals surface area contributed by atoms with Crippen LogP contribution in [0.5, 0.6) is 0 Å². The van der Waals surface area contributed by atoms with Crippen LogP contribution in [0.3, 0.4) is 0 Å². The Morgan fingerprint density at radius 1 is 1.36 bits per heavy atom. The Balaban J connectivity index is 1.58. The lowest BCUT2D eigenvalue weighted by molar-refractivity contribution is -0.140. The van der Waals surface area contributed by atoms with Gasteiger partial charge in [0.1, 0.15) is 11.9 Å². The van der Waals surface area contributed by atoms with E-state index in [0.29, 0.717) is 19.7 Å². The maximum absolute atomic E-state index is 12.3. The lowest BCUT2D eigenvalue weighted by atomic mass is 10.1. The van der Waals surface area contributed by atoms with Crippen LogP contribution in [-0.4, -0.2) is 40.6 Å². The molecule has 0 spiro atoms. The molecule has 25 heavy (non-hydrogen) atoms. The summed E-state index contributed by atoms with van der Waals surface area (Å²) in [5.74, 6) is 1.36. The Kier molecular flexibility index (Phi) is 4.29. The van der Waals surface area contributed by atoms with Crippen LogP contribution in [0.4, 0.5) is 0 Å². The van der Waals surface area contributed by atoms with Crippen molar-refractivity contribution >= 4 is 5.91 Å². The smallest absolute Gasteiger partial charge is 0.225 e. The number of ether oxygens (including phenoxy) is 1. The summed E-state index contributed by atoms with van der Waals surface area (Å²) >= 11 is 0. The maximum Gasteiger partial charge on any atom is 0.225 e. The van der Waals surface area contributed by atoms with E-state index in [-0.39, 0.29) is 17.9 Å². The molecule has 1 atom stereocenters. The van der Waals surface area contributed by atoms with Crippen molar-refractivity contribution in [1.29, 1.82) is 0 Å². The number of morpholine rings is 1. The summed E-state index contributed by atoms with van der Waals surface area (Å²) in [5.41, 5.74) is 3.51. The van der Waals surface area contributed by atoms with Crippen LogP contribution in [0.15, 0.2) is 22.7 Å². The number of aromatic nitrogens is 2. The van der Waals surface area contributed by atoms with E-state index < -0.39 is 0 Å². The second-order valence-electron chi connectivity index (χ2n) is 6.79. The van der Waals surface area contributed by atoms with Gasteiger partial charge >= 0.3 is 0 Å². The third-order valence-electron chi connectivity index (χ3n) is 4.92. The van der Waals surface area contributed by atoms with Crippen molar-refractivity contribution in [3.8, 4) is 11.3 Å². The van der Waals surface area contributed by atoms with Gasteiger partial charge in [-0.2, -0.15) is 0 Å². The second-order valence-corrected chi connectivity index (χ2v) is 6.79. The minimum Gasteiger partial charge on any atom is -0.368 e. The van der Waals surface area contributed by atoms with Gasteiger partial charge in [-0.1, -0.05) is 18.1 Å². The predicted octanol–water partition coefficient (Wildman–Crippen LogP) is 2.92. The topological polar surface area (TPSA) is 68.5 Å². The van der Waals surface area contributed by atoms with Gasteiger partial charge in [0.2, 0.25) is 5.91 Å². The van der Waals surface area contributed by atoms with Gasteiger partial charge in [0.05, 0.1) is 35.8 Å². The van der Waals surface area contributed by atoms with Crippen LogP contribution < -0.4 is 0 Å². The lowest BCUT2D eigenvalue weighted by Crippen LogP contribution is -2.43. The summed E-state index contributed by atoms with van der Waals surface area (Å²) in [6.07, 6.45) is 2.65. The molecule has 1 amide bonds. The van der Waals surface area contributed by atoms with Crippen molar-refractivity contribution in [1.82, 2.24) is 15.0 Å². The molecule has 2 aromatic rings. The molecule has 1 saturated carbocycles. The molecular formula is C19H23N3O3. The fourth-order valence-corrected chi connectivity index (χ4v) is 3.37. The van der Waals surface area contributed by atoms with Gasteiger partial charge in [-0.15, -0.1) is 0 Å². The molecule has 6 heteroatoms. The monoisotopic (exact) mass is 341 g/mol. The molecule has 3 heterocycles. The Labute approximate surface area is 147 Å². The molecule has 0 radical (unpaired) electrons. The number of carbonyl (C=O) groups is 1. The number of carbonyl (C=O) groups excluding carboxylic acids is 1. The van der Waals surface area contributed by atoms with Crippen LogP contribution in [0.25, 0.3) is 11.3 Å². The minimum atomic E-state index is -0.179. The molecular weight excluding hydrogens is 318 g/mol. The average Bonchev–Trinajstić information content (AvgIpc) is 3.43. The number of hydrogen-bond acceptors (Lipinski definition) is 5. The Morgan fingerprint density at radius 2 is 2.20 bits per heavy atom. The van der Waals surface area contributed by atoms with Crippen molar-refractivity contribution in [3.05, 3.63) is 35.3 Å². The van der Waals surface area contributed by atoms with Crippen LogP contribution in [0.1, 0.15) is 43.0 Å². The Hall–Kier alpha value is -2.21. The van der Waals surface area contributed by atoms with Crippen LogP contribution in [0, 0.1) is 12.8 Å². The quantitative estimate of drug-likeness (QED) is 0.855. The van der Waals surface area contributed by atoms with E-state index in [1.165, 1.54) is 0 Å². The van der Waals surface area contributed by atoms with Crippen molar-refractivity contribution in [2.75, 3.05) is 19.7 Å².